The van der Waals surface area contributed by atoms with Crippen molar-refractivity contribution in [2.75, 3.05) is 25.0 Å². The van der Waals surface area contributed by atoms with Gasteiger partial charge in [0.1, 0.15) is 0 Å². The molecule has 0 saturated carbocycles. The van der Waals surface area contributed by atoms with E-state index in [0.717, 1.165) is 25.8 Å². The highest BCUT2D eigenvalue weighted by molar-refractivity contribution is 6.33. The highest BCUT2D eigenvalue weighted by Gasteiger charge is 2.23. The van der Waals surface area contributed by atoms with Crippen LogP contribution in [0, 0.1) is 0 Å². The number of carboxylic acids is 1. The maximum Gasteiger partial charge on any atom is 0.337 e. The molecule has 0 spiro atoms. The number of hydrogen-bond donors (Lipinski definition) is 3. The molecular formula is C16H21ClN2O4. The van der Waals surface area contributed by atoms with Crippen LogP contribution in [0.4, 0.5) is 5.69 Å². The number of rotatable bonds is 6. The van der Waals surface area contributed by atoms with Crippen LogP contribution >= 0.6 is 11.6 Å². The number of nitrogens with one attached hydrogen (secondary N) is 1. The number of halogens is 1. The number of carboxylic acid groups (broad SMARTS) is 1. The van der Waals surface area contributed by atoms with Crippen LogP contribution in [0.2, 0.25) is 5.02 Å². The Morgan fingerprint density at radius 1 is 1.35 bits per heavy atom. The minimum Gasteiger partial charge on any atom is -0.478 e. The number of amides is 1. The van der Waals surface area contributed by atoms with Crippen LogP contribution in [-0.4, -0.2) is 52.7 Å². The van der Waals surface area contributed by atoms with Gasteiger partial charge in [0.15, 0.2) is 0 Å². The van der Waals surface area contributed by atoms with Crippen LogP contribution < -0.4 is 5.32 Å². The number of carbonyl (C=O) groups is 2. The van der Waals surface area contributed by atoms with E-state index in [1.807, 2.05) is 0 Å². The lowest BCUT2D eigenvalue weighted by Gasteiger charge is -2.34. The standard InChI is InChI=1S/C16H21ClN2O4/c17-14-5-4-11(9-13(14)16(22)23)18-15(21)10-19-7-2-1-3-12(19)6-8-20/h4-5,9,12,20H,1-3,6-8,10H2,(H,18,21)(H,22,23). The van der Waals surface area contributed by atoms with Crippen molar-refractivity contribution in [2.24, 2.45) is 0 Å². The van der Waals surface area contributed by atoms with Gasteiger partial charge in [0.2, 0.25) is 5.91 Å². The average Bonchev–Trinajstić information content (AvgIpc) is 2.51. The maximum absolute atomic E-state index is 12.2. The fraction of sp³-hybridized carbons (Fsp3) is 0.500. The van der Waals surface area contributed by atoms with Gasteiger partial charge in [-0.3, -0.25) is 9.69 Å². The molecular weight excluding hydrogens is 320 g/mol. The normalized spacial score (nSPS) is 18.6. The van der Waals surface area contributed by atoms with Gasteiger partial charge >= 0.3 is 5.97 Å². The zero-order valence-electron chi connectivity index (χ0n) is 12.8. The van der Waals surface area contributed by atoms with E-state index in [-0.39, 0.29) is 35.7 Å². The van der Waals surface area contributed by atoms with Crippen molar-refractivity contribution in [3.05, 3.63) is 28.8 Å². The zero-order chi connectivity index (χ0) is 16.8. The van der Waals surface area contributed by atoms with Gasteiger partial charge in [0, 0.05) is 18.3 Å². The topological polar surface area (TPSA) is 89.9 Å². The summed E-state index contributed by atoms with van der Waals surface area (Å²) in [4.78, 5) is 25.3. The molecule has 0 radical (unpaired) electrons. The lowest BCUT2D eigenvalue weighted by Crippen LogP contribution is -2.44. The first-order valence-corrected chi connectivity index (χ1v) is 8.06. The number of aliphatic hydroxyl groups excluding tert-OH is 1. The van der Waals surface area contributed by atoms with Crippen LogP contribution in [0.1, 0.15) is 36.0 Å². The molecule has 1 aromatic carbocycles. The van der Waals surface area contributed by atoms with Crippen molar-refractivity contribution in [3.8, 4) is 0 Å². The molecule has 0 aromatic heterocycles. The van der Waals surface area contributed by atoms with Crippen molar-refractivity contribution in [2.45, 2.75) is 31.7 Å². The van der Waals surface area contributed by atoms with E-state index in [1.165, 1.54) is 12.1 Å². The monoisotopic (exact) mass is 340 g/mol. The molecule has 0 bridgehead atoms. The molecule has 1 aliphatic heterocycles. The number of hydrogen-bond acceptors (Lipinski definition) is 4. The quantitative estimate of drug-likeness (QED) is 0.738. The first-order valence-electron chi connectivity index (χ1n) is 7.69. The molecule has 1 unspecified atom stereocenters. The van der Waals surface area contributed by atoms with E-state index >= 15 is 0 Å². The van der Waals surface area contributed by atoms with Gasteiger partial charge in [0.25, 0.3) is 0 Å². The van der Waals surface area contributed by atoms with Crippen molar-refractivity contribution in [1.82, 2.24) is 4.90 Å². The van der Waals surface area contributed by atoms with Crippen LogP contribution in [0.25, 0.3) is 0 Å². The molecule has 1 heterocycles. The fourth-order valence-corrected chi connectivity index (χ4v) is 3.09. The molecule has 1 amide bonds. The van der Waals surface area contributed by atoms with Crippen molar-refractivity contribution >= 4 is 29.2 Å². The van der Waals surface area contributed by atoms with Gasteiger partial charge in [-0.05, 0) is 44.0 Å². The van der Waals surface area contributed by atoms with Gasteiger partial charge in [-0.2, -0.15) is 0 Å². The number of likely N-dealkylation sites (tertiary alicyclic amines) is 1. The highest BCUT2D eigenvalue weighted by atomic mass is 35.5. The molecule has 7 heteroatoms. The summed E-state index contributed by atoms with van der Waals surface area (Å²) in [6, 6.07) is 4.60. The van der Waals surface area contributed by atoms with Gasteiger partial charge < -0.3 is 15.5 Å². The second-order valence-corrected chi connectivity index (χ2v) is 6.09. The van der Waals surface area contributed by atoms with Gasteiger partial charge in [-0.25, -0.2) is 4.79 Å². The smallest absolute Gasteiger partial charge is 0.337 e. The summed E-state index contributed by atoms with van der Waals surface area (Å²) < 4.78 is 0. The van der Waals surface area contributed by atoms with E-state index in [2.05, 4.69) is 10.2 Å². The summed E-state index contributed by atoms with van der Waals surface area (Å²) in [6.45, 7) is 1.18. The number of piperidine rings is 1. The molecule has 3 N–H and O–H groups in total. The Kier molecular flexibility index (Phi) is 6.38. The average molecular weight is 341 g/mol. The van der Waals surface area contributed by atoms with Crippen molar-refractivity contribution in [3.63, 3.8) is 0 Å². The summed E-state index contributed by atoms with van der Waals surface area (Å²) in [5.41, 5.74) is 0.369. The lowest BCUT2D eigenvalue weighted by molar-refractivity contribution is -0.118. The third-order valence-electron chi connectivity index (χ3n) is 4.04. The minimum absolute atomic E-state index is 0.0411. The van der Waals surface area contributed by atoms with Crippen molar-refractivity contribution < 1.29 is 19.8 Å². The van der Waals surface area contributed by atoms with Crippen LogP contribution in [0.15, 0.2) is 18.2 Å². The summed E-state index contributed by atoms with van der Waals surface area (Å²) in [5.74, 6) is -1.33. The summed E-state index contributed by atoms with van der Waals surface area (Å²) in [7, 11) is 0. The van der Waals surface area contributed by atoms with Crippen LogP contribution in [-0.2, 0) is 4.79 Å². The molecule has 1 atom stereocenters. The maximum atomic E-state index is 12.2. The summed E-state index contributed by atoms with van der Waals surface area (Å²) >= 11 is 5.81. The SMILES string of the molecule is O=C(CN1CCCCC1CCO)Nc1ccc(Cl)c(C(=O)O)c1. The molecule has 23 heavy (non-hydrogen) atoms. The Hall–Kier alpha value is -1.63. The lowest BCUT2D eigenvalue weighted by atomic mass is 9.99. The number of benzene rings is 1. The van der Waals surface area contributed by atoms with E-state index in [4.69, 9.17) is 21.8 Å². The molecule has 0 aliphatic carbocycles. The predicted molar refractivity (Wildman–Crippen MR) is 88.0 cm³/mol. The number of anilines is 1. The molecule has 126 valence electrons. The molecule has 2 rings (SSSR count). The van der Waals surface area contributed by atoms with E-state index in [9.17, 15) is 9.59 Å². The van der Waals surface area contributed by atoms with Gasteiger partial charge in [-0.15, -0.1) is 0 Å². The van der Waals surface area contributed by atoms with Crippen LogP contribution in [0.5, 0.6) is 0 Å². The minimum atomic E-state index is -1.13. The van der Waals surface area contributed by atoms with E-state index < -0.39 is 5.97 Å². The first-order chi connectivity index (χ1) is 11.0. The Labute approximate surface area is 140 Å². The third-order valence-corrected chi connectivity index (χ3v) is 4.37. The number of aromatic carboxylic acids is 1. The zero-order valence-corrected chi connectivity index (χ0v) is 13.6. The second kappa shape index (κ2) is 8.29. The first kappa shape index (κ1) is 17.7. The van der Waals surface area contributed by atoms with Crippen LogP contribution in [0.3, 0.4) is 0 Å². The fourth-order valence-electron chi connectivity index (χ4n) is 2.90. The molecule has 1 saturated heterocycles. The van der Waals surface area contributed by atoms with Gasteiger partial charge in [0.05, 0.1) is 17.1 Å². The summed E-state index contributed by atoms with van der Waals surface area (Å²) in [6.07, 6.45) is 3.80. The molecule has 1 aromatic rings. The number of aliphatic hydroxyl groups is 1. The Morgan fingerprint density at radius 2 is 2.13 bits per heavy atom. The number of carbonyl (C=O) groups excluding carboxylic acids is 1. The Bertz CT molecular complexity index is 577. The highest BCUT2D eigenvalue weighted by Crippen LogP contribution is 2.22. The van der Waals surface area contributed by atoms with E-state index in [1.54, 1.807) is 6.07 Å². The Balaban J connectivity index is 1.98. The number of nitrogens with zero attached hydrogens (tertiary/aromatic N) is 1. The molecule has 6 nitrogen and oxygen atoms in total. The van der Waals surface area contributed by atoms with E-state index in [0.29, 0.717) is 12.1 Å². The van der Waals surface area contributed by atoms with Gasteiger partial charge in [-0.1, -0.05) is 18.0 Å². The summed E-state index contributed by atoms with van der Waals surface area (Å²) in [5, 5.41) is 21.0. The Morgan fingerprint density at radius 3 is 2.83 bits per heavy atom. The third kappa shape index (κ3) is 4.92. The molecule has 1 aliphatic rings. The largest absolute Gasteiger partial charge is 0.478 e. The second-order valence-electron chi connectivity index (χ2n) is 5.68. The van der Waals surface area contributed by atoms with Crippen molar-refractivity contribution in [1.29, 1.82) is 0 Å². The predicted octanol–water partition coefficient (Wildman–Crippen LogP) is 2.21. The molecule has 1 fully saturated rings.